The molecule has 2 aromatic rings. The van der Waals surface area contributed by atoms with Crippen LogP contribution in [0.15, 0.2) is 52.0 Å². The minimum atomic E-state index is -0.323. The lowest BCUT2D eigenvalue weighted by molar-refractivity contribution is -0.130. The molecule has 0 heterocycles. The minimum Gasteiger partial charge on any atom is -0.490 e. The van der Waals surface area contributed by atoms with Gasteiger partial charge in [0.2, 0.25) is 0 Å². The van der Waals surface area contributed by atoms with E-state index in [0.29, 0.717) is 33.7 Å². The zero-order valence-electron chi connectivity index (χ0n) is 15.9. The molecule has 0 aliphatic heterocycles. The number of carbonyl (C=O) groups excluding carboxylic acids is 2. The van der Waals surface area contributed by atoms with Gasteiger partial charge in [-0.05, 0) is 58.7 Å². The number of ether oxygens (including phenoxy) is 2. The first-order chi connectivity index (χ1) is 13.4. The number of amides is 2. The Bertz CT molecular complexity index is 868. The molecule has 2 amide bonds. The highest BCUT2D eigenvalue weighted by Gasteiger charge is 2.10. The van der Waals surface area contributed by atoms with Crippen molar-refractivity contribution < 1.29 is 19.1 Å². The van der Waals surface area contributed by atoms with Gasteiger partial charge in [0.25, 0.3) is 11.8 Å². The number of benzene rings is 2. The van der Waals surface area contributed by atoms with E-state index in [1.54, 1.807) is 50.5 Å². The maximum Gasteiger partial charge on any atom is 0.272 e. The van der Waals surface area contributed by atoms with Crippen LogP contribution in [0.2, 0.25) is 0 Å². The third-order valence-corrected chi connectivity index (χ3v) is 4.31. The van der Waals surface area contributed by atoms with E-state index in [9.17, 15) is 9.59 Å². The van der Waals surface area contributed by atoms with E-state index >= 15 is 0 Å². The van der Waals surface area contributed by atoms with Crippen LogP contribution in [0.5, 0.6) is 11.5 Å². The molecule has 0 radical (unpaired) electrons. The van der Waals surface area contributed by atoms with Gasteiger partial charge in [-0.25, -0.2) is 5.43 Å². The monoisotopic (exact) mass is 447 g/mol. The smallest absolute Gasteiger partial charge is 0.272 e. The van der Waals surface area contributed by atoms with E-state index in [1.807, 2.05) is 13.0 Å². The van der Waals surface area contributed by atoms with Crippen LogP contribution in [0.4, 0.5) is 0 Å². The lowest BCUT2D eigenvalue weighted by Gasteiger charge is -2.14. The zero-order valence-corrected chi connectivity index (χ0v) is 17.5. The highest BCUT2D eigenvalue weighted by Crippen LogP contribution is 2.28. The van der Waals surface area contributed by atoms with Crippen molar-refractivity contribution in [3.05, 3.63) is 58.1 Å². The Morgan fingerprint density at radius 2 is 1.89 bits per heavy atom. The number of hydrogen-bond donors (Lipinski definition) is 1. The van der Waals surface area contributed by atoms with Gasteiger partial charge in [0.1, 0.15) is 0 Å². The molecule has 0 aliphatic rings. The quantitative estimate of drug-likeness (QED) is 0.497. The third-order valence-electron chi connectivity index (χ3n) is 3.62. The topological polar surface area (TPSA) is 80.2 Å². The maximum atomic E-state index is 12.1. The fraction of sp³-hybridized carbons (Fsp3) is 0.250. The normalized spacial score (nSPS) is 10.6. The average Bonchev–Trinajstić information content (AvgIpc) is 2.67. The van der Waals surface area contributed by atoms with E-state index in [-0.39, 0.29) is 18.4 Å². The molecule has 0 atom stereocenters. The van der Waals surface area contributed by atoms with Gasteiger partial charge >= 0.3 is 0 Å². The second-order valence-electron chi connectivity index (χ2n) is 5.89. The molecule has 7 nitrogen and oxygen atoms in total. The second-order valence-corrected chi connectivity index (χ2v) is 6.75. The van der Waals surface area contributed by atoms with Crippen molar-refractivity contribution in [3.63, 3.8) is 0 Å². The Morgan fingerprint density at radius 1 is 1.14 bits per heavy atom. The van der Waals surface area contributed by atoms with E-state index < -0.39 is 0 Å². The lowest BCUT2D eigenvalue weighted by Crippen LogP contribution is -2.27. The van der Waals surface area contributed by atoms with E-state index in [4.69, 9.17) is 9.47 Å². The van der Waals surface area contributed by atoms with Gasteiger partial charge in [-0.15, -0.1) is 0 Å². The lowest BCUT2D eigenvalue weighted by atomic mass is 10.2. The summed E-state index contributed by atoms with van der Waals surface area (Å²) in [7, 11) is 3.33. The molecule has 2 aromatic carbocycles. The van der Waals surface area contributed by atoms with Crippen LogP contribution in [0.25, 0.3) is 0 Å². The Kier molecular flexibility index (Phi) is 8.01. The first kappa shape index (κ1) is 21.4. The van der Waals surface area contributed by atoms with Crippen molar-refractivity contribution in [2.75, 3.05) is 27.3 Å². The van der Waals surface area contributed by atoms with Gasteiger partial charge in [0.05, 0.1) is 18.4 Å². The van der Waals surface area contributed by atoms with E-state index in [2.05, 4.69) is 26.5 Å². The van der Waals surface area contributed by atoms with Crippen molar-refractivity contribution >= 4 is 34.0 Å². The number of nitrogens with one attached hydrogen (secondary N) is 1. The second kappa shape index (κ2) is 10.5. The Balaban J connectivity index is 2.06. The van der Waals surface area contributed by atoms with Gasteiger partial charge in [-0.1, -0.05) is 12.1 Å². The van der Waals surface area contributed by atoms with Crippen molar-refractivity contribution in [1.29, 1.82) is 0 Å². The van der Waals surface area contributed by atoms with Crippen LogP contribution in [0.3, 0.4) is 0 Å². The summed E-state index contributed by atoms with van der Waals surface area (Å²) >= 11 is 3.33. The molecule has 0 aromatic heterocycles. The highest BCUT2D eigenvalue weighted by molar-refractivity contribution is 9.10. The first-order valence-electron chi connectivity index (χ1n) is 8.60. The Morgan fingerprint density at radius 3 is 2.57 bits per heavy atom. The molecule has 8 heteroatoms. The number of nitrogens with zero attached hydrogens (tertiary/aromatic N) is 2. The molecule has 0 unspecified atom stereocenters. The Hall–Kier alpha value is -2.87. The van der Waals surface area contributed by atoms with Crippen LogP contribution >= 0.6 is 15.9 Å². The van der Waals surface area contributed by atoms with E-state index in [0.717, 1.165) is 0 Å². The fourth-order valence-corrected chi connectivity index (χ4v) is 2.60. The van der Waals surface area contributed by atoms with Gasteiger partial charge in [0, 0.05) is 18.6 Å². The van der Waals surface area contributed by atoms with Crippen molar-refractivity contribution in [3.8, 4) is 11.5 Å². The van der Waals surface area contributed by atoms with Crippen LogP contribution < -0.4 is 14.9 Å². The number of likely N-dealkylation sites (N-methyl/N-ethyl adjacent to an activating group) is 1. The molecule has 148 valence electrons. The molecule has 0 aliphatic carbocycles. The molecule has 0 saturated heterocycles. The number of rotatable bonds is 8. The largest absolute Gasteiger partial charge is 0.490 e. The first-order valence-corrected chi connectivity index (χ1v) is 9.39. The SMILES string of the molecule is CCOc1cc(/C=N/NC(=O)c2ccccc2Br)ccc1OCC(=O)N(C)C. The number of hydrazone groups is 1. The molecule has 0 fully saturated rings. The standard InChI is InChI=1S/C20H22BrN3O4/c1-4-27-18-11-14(9-10-17(18)28-13-19(25)24(2)3)12-22-23-20(26)15-7-5-6-8-16(15)21/h5-12H,4,13H2,1-3H3,(H,23,26)/b22-12+. The predicted octanol–water partition coefficient (Wildman–Crippen LogP) is 3.08. The predicted molar refractivity (Wildman–Crippen MR) is 111 cm³/mol. The molecular formula is C20H22BrN3O4. The van der Waals surface area contributed by atoms with Gasteiger partial charge < -0.3 is 14.4 Å². The van der Waals surface area contributed by atoms with Crippen molar-refractivity contribution in [2.45, 2.75) is 6.92 Å². The molecule has 2 rings (SSSR count). The molecule has 0 spiro atoms. The number of hydrogen-bond acceptors (Lipinski definition) is 5. The molecule has 1 N–H and O–H groups in total. The highest BCUT2D eigenvalue weighted by atomic mass is 79.9. The number of halogens is 1. The van der Waals surface area contributed by atoms with Crippen LogP contribution in [-0.2, 0) is 4.79 Å². The molecule has 0 saturated carbocycles. The Labute approximate surface area is 172 Å². The van der Waals surface area contributed by atoms with Crippen LogP contribution in [0, 0.1) is 0 Å². The summed E-state index contributed by atoms with van der Waals surface area (Å²) in [4.78, 5) is 25.3. The average molecular weight is 448 g/mol. The minimum absolute atomic E-state index is 0.0808. The molecular weight excluding hydrogens is 426 g/mol. The summed E-state index contributed by atoms with van der Waals surface area (Å²) in [5.74, 6) is 0.486. The molecule has 28 heavy (non-hydrogen) atoms. The summed E-state index contributed by atoms with van der Waals surface area (Å²) in [6.07, 6.45) is 1.51. The van der Waals surface area contributed by atoms with Crippen molar-refractivity contribution in [1.82, 2.24) is 10.3 Å². The van der Waals surface area contributed by atoms with E-state index in [1.165, 1.54) is 11.1 Å². The van der Waals surface area contributed by atoms with Crippen LogP contribution in [-0.4, -0.2) is 50.2 Å². The summed E-state index contributed by atoms with van der Waals surface area (Å²) in [5, 5.41) is 3.98. The maximum absolute atomic E-state index is 12.1. The molecule has 0 bridgehead atoms. The summed E-state index contributed by atoms with van der Waals surface area (Å²) < 4.78 is 11.8. The summed E-state index contributed by atoms with van der Waals surface area (Å²) in [6.45, 7) is 2.22. The zero-order chi connectivity index (χ0) is 20.5. The van der Waals surface area contributed by atoms with Gasteiger partial charge in [-0.2, -0.15) is 5.10 Å². The van der Waals surface area contributed by atoms with Crippen LogP contribution in [0.1, 0.15) is 22.8 Å². The summed E-state index contributed by atoms with van der Waals surface area (Å²) in [6, 6.07) is 12.3. The van der Waals surface area contributed by atoms with Gasteiger partial charge in [0.15, 0.2) is 18.1 Å². The van der Waals surface area contributed by atoms with Gasteiger partial charge in [-0.3, -0.25) is 9.59 Å². The third kappa shape index (κ3) is 6.09. The summed E-state index contributed by atoms with van der Waals surface area (Å²) in [5.41, 5.74) is 3.69. The number of carbonyl (C=O) groups is 2. The van der Waals surface area contributed by atoms with Crippen molar-refractivity contribution in [2.24, 2.45) is 5.10 Å². The fourth-order valence-electron chi connectivity index (χ4n) is 2.13.